The van der Waals surface area contributed by atoms with Gasteiger partial charge in [-0.05, 0) is 42.0 Å². The summed E-state index contributed by atoms with van der Waals surface area (Å²) in [6.45, 7) is 1.89. The third-order valence-corrected chi connectivity index (χ3v) is 6.44. The highest BCUT2D eigenvalue weighted by Gasteiger charge is 2.42. The fraction of sp³-hybridized carbons (Fsp3) is 0.400. The highest BCUT2D eigenvalue weighted by Crippen LogP contribution is 2.44. The zero-order valence-corrected chi connectivity index (χ0v) is 18.1. The van der Waals surface area contributed by atoms with Crippen molar-refractivity contribution in [2.45, 2.75) is 56.5 Å². The summed E-state index contributed by atoms with van der Waals surface area (Å²) >= 11 is 0. The van der Waals surface area contributed by atoms with E-state index in [1.807, 2.05) is 24.3 Å². The third kappa shape index (κ3) is 4.33. The van der Waals surface area contributed by atoms with Crippen molar-refractivity contribution >= 4 is 18.0 Å². The van der Waals surface area contributed by atoms with Crippen LogP contribution in [0.5, 0.6) is 0 Å². The average Bonchev–Trinajstić information content (AvgIpc) is 3.36. The molecular formula is C25H28N2O5. The van der Waals surface area contributed by atoms with E-state index in [9.17, 15) is 19.5 Å². The van der Waals surface area contributed by atoms with Crippen molar-refractivity contribution in [2.24, 2.45) is 0 Å². The molecule has 0 aromatic heterocycles. The number of hydrogen-bond donors (Lipinski definition) is 3. The average molecular weight is 437 g/mol. The number of nitrogens with one attached hydrogen (secondary N) is 2. The molecule has 2 amide bonds. The van der Waals surface area contributed by atoms with Crippen molar-refractivity contribution in [3.8, 4) is 11.1 Å². The summed E-state index contributed by atoms with van der Waals surface area (Å²) in [6.07, 6.45) is 1.81. The molecule has 1 saturated carbocycles. The highest BCUT2D eigenvalue weighted by molar-refractivity contribution is 5.87. The first-order valence-electron chi connectivity index (χ1n) is 11.1. The summed E-state index contributed by atoms with van der Waals surface area (Å²) in [5.74, 6) is -1.43. The van der Waals surface area contributed by atoms with Crippen LogP contribution >= 0.6 is 0 Å². The van der Waals surface area contributed by atoms with Crippen LogP contribution in [0.3, 0.4) is 0 Å². The van der Waals surface area contributed by atoms with Crippen LogP contribution in [0.25, 0.3) is 11.1 Å². The Labute approximate surface area is 187 Å². The minimum Gasteiger partial charge on any atom is -0.480 e. The van der Waals surface area contributed by atoms with Crippen LogP contribution in [0.1, 0.15) is 56.1 Å². The molecule has 0 spiro atoms. The zero-order valence-electron chi connectivity index (χ0n) is 18.1. The van der Waals surface area contributed by atoms with Crippen molar-refractivity contribution in [2.75, 3.05) is 6.61 Å². The first kappa shape index (κ1) is 21.9. The maximum atomic E-state index is 12.4. The number of alkyl carbamates (subject to hydrolysis) is 1. The van der Waals surface area contributed by atoms with Crippen molar-refractivity contribution in [3.05, 3.63) is 59.7 Å². The summed E-state index contributed by atoms with van der Waals surface area (Å²) in [5, 5.41) is 14.8. The van der Waals surface area contributed by atoms with Crippen molar-refractivity contribution in [1.29, 1.82) is 0 Å². The summed E-state index contributed by atoms with van der Waals surface area (Å²) in [7, 11) is 0. The summed E-state index contributed by atoms with van der Waals surface area (Å²) < 4.78 is 5.51. The first-order chi connectivity index (χ1) is 15.4. The lowest BCUT2D eigenvalue weighted by molar-refractivity contribution is -0.147. The molecule has 0 aliphatic heterocycles. The van der Waals surface area contributed by atoms with Crippen LogP contribution in [-0.4, -0.2) is 41.3 Å². The number of ether oxygens (including phenoxy) is 1. The number of hydrogen-bond acceptors (Lipinski definition) is 4. The fourth-order valence-corrected chi connectivity index (χ4v) is 4.86. The van der Waals surface area contributed by atoms with Gasteiger partial charge in [-0.1, -0.05) is 61.4 Å². The first-order valence-corrected chi connectivity index (χ1v) is 11.1. The Bertz CT molecular complexity index is 983. The summed E-state index contributed by atoms with van der Waals surface area (Å²) in [6, 6.07) is 15.7. The number of carbonyl (C=O) groups excluding carboxylic acids is 2. The standard InChI is InChI=1S/C25H28N2O5/c1-16(14-22(28)27-25(23(29)30)12-6-7-13-25)26-24(31)32-15-21-19-10-4-2-8-17(19)18-9-3-5-11-20(18)21/h2-5,8-11,16,21H,6-7,12-15H2,1H3,(H,26,31)(H,27,28)(H,29,30). The third-order valence-electron chi connectivity index (χ3n) is 6.44. The molecule has 2 aromatic carbocycles. The molecule has 2 aromatic rings. The molecule has 4 rings (SSSR count). The second kappa shape index (κ2) is 9.02. The Morgan fingerprint density at radius 3 is 2.16 bits per heavy atom. The van der Waals surface area contributed by atoms with E-state index >= 15 is 0 Å². The smallest absolute Gasteiger partial charge is 0.407 e. The minimum absolute atomic E-state index is 0.0147. The van der Waals surface area contributed by atoms with Gasteiger partial charge in [-0.3, -0.25) is 4.79 Å². The molecule has 0 heterocycles. The number of aliphatic carboxylic acids is 1. The lowest BCUT2D eigenvalue weighted by Crippen LogP contribution is -2.53. The lowest BCUT2D eigenvalue weighted by Gasteiger charge is -2.26. The van der Waals surface area contributed by atoms with E-state index in [-0.39, 0.29) is 24.9 Å². The Hall–Kier alpha value is -3.35. The van der Waals surface area contributed by atoms with E-state index in [4.69, 9.17) is 4.74 Å². The van der Waals surface area contributed by atoms with Gasteiger partial charge in [0.15, 0.2) is 0 Å². The molecule has 2 aliphatic rings. The topological polar surface area (TPSA) is 105 Å². The number of carboxylic acid groups (broad SMARTS) is 1. The van der Waals surface area contributed by atoms with Gasteiger partial charge in [-0.15, -0.1) is 0 Å². The number of carboxylic acids is 1. The van der Waals surface area contributed by atoms with Gasteiger partial charge in [-0.25, -0.2) is 9.59 Å². The van der Waals surface area contributed by atoms with E-state index in [1.54, 1.807) is 6.92 Å². The van der Waals surface area contributed by atoms with Gasteiger partial charge in [0, 0.05) is 18.4 Å². The molecule has 1 atom stereocenters. The summed E-state index contributed by atoms with van der Waals surface area (Å²) in [5.41, 5.74) is 3.39. The van der Waals surface area contributed by atoms with E-state index in [2.05, 4.69) is 34.9 Å². The number of benzene rings is 2. The van der Waals surface area contributed by atoms with Crippen LogP contribution in [0, 0.1) is 0 Å². The van der Waals surface area contributed by atoms with Crippen LogP contribution in [0.15, 0.2) is 48.5 Å². The number of fused-ring (bicyclic) bond motifs is 3. The van der Waals surface area contributed by atoms with Crippen LogP contribution in [-0.2, 0) is 14.3 Å². The van der Waals surface area contributed by atoms with Crippen LogP contribution in [0.4, 0.5) is 4.79 Å². The second-order valence-corrected chi connectivity index (χ2v) is 8.72. The van der Waals surface area contributed by atoms with E-state index in [0.717, 1.165) is 35.1 Å². The molecule has 0 radical (unpaired) electrons. The molecular weight excluding hydrogens is 408 g/mol. The van der Waals surface area contributed by atoms with Gasteiger partial charge < -0.3 is 20.5 Å². The SMILES string of the molecule is CC(CC(=O)NC1(C(=O)O)CCCC1)NC(=O)OCC1c2ccccc2-c2ccccc21. The lowest BCUT2D eigenvalue weighted by atomic mass is 9.97. The van der Waals surface area contributed by atoms with Crippen molar-refractivity contribution in [3.63, 3.8) is 0 Å². The maximum absolute atomic E-state index is 12.4. The quantitative estimate of drug-likeness (QED) is 0.612. The number of amides is 2. The Morgan fingerprint density at radius 1 is 1.03 bits per heavy atom. The van der Waals surface area contributed by atoms with Crippen LogP contribution < -0.4 is 10.6 Å². The molecule has 32 heavy (non-hydrogen) atoms. The second-order valence-electron chi connectivity index (χ2n) is 8.72. The van der Waals surface area contributed by atoms with E-state index in [0.29, 0.717) is 12.8 Å². The van der Waals surface area contributed by atoms with Gasteiger partial charge in [-0.2, -0.15) is 0 Å². The molecule has 3 N–H and O–H groups in total. The van der Waals surface area contributed by atoms with Gasteiger partial charge in [0.05, 0.1) is 0 Å². The Morgan fingerprint density at radius 2 is 1.59 bits per heavy atom. The van der Waals surface area contributed by atoms with E-state index in [1.165, 1.54) is 0 Å². The zero-order chi connectivity index (χ0) is 22.7. The molecule has 168 valence electrons. The van der Waals surface area contributed by atoms with E-state index < -0.39 is 23.6 Å². The van der Waals surface area contributed by atoms with Gasteiger partial charge in [0.1, 0.15) is 12.1 Å². The van der Waals surface area contributed by atoms with Crippen molar-refractivity contribution in [1.82, 2.24) is 10.6 Å². The normalized spacial score (nSPS) is 17.2. The molecule has 7 nitrogen and oxygen atoms in total. The maximum Gasteiger partial charge on any atom is 0.407 e. The highest BCUT2D eigenvalue weighted by atomic mass is 16.5. The predicted octanol–water partition coefficient (Wildman–Crippen LogP) is 3.82. The van der Waals surface area contributed by atoms with Gasteiger partial charge in [0.25, 0.3) is 0 Å². The molecule has 2 aliphatic carbocycles. The number of rotatable bonds is 7. The van der Waals surface area contributed by atoms with Crippen molar-refractivity contribution < 1.29 is 24.2 Å². The largest absolute Gasteiger partial charge is 0.480 e. The molecule has 7 heteroatoms. The molecule has 1 fully saturated rings. The monoisotopic (exact) mass is 436 g/mol. The van der Waals surface area contributed by atoms with Crippen LogP contribution in [0.2, 0.25) is 0 Å². The minimum atomic E-state index is -1.18. The number of carbonyl (C=O) groups is 3. The predicted molar refractivity (Wildman–Crippen MR) is 119 cm³/mol. The Kier molecular flexibility index (Phi) is 6.17. The fourth-order valence-electron chi connectivity index (χ4n) is 4.86. The molecule has 1 unspecified atom stereocenters. The van der Waals surface area contributed by atoms with Gasteiger partial charge >= 0.3 is 12.1 Å². The molecule has 0 bridgehead atoms. The molecule has 0 saturated heterocycles. The summed E-state index contributed by atoms with van der Waals surface area (Å²) in [4.78, 5) is 36.4. The Balaban J connectivity index is 1.31. The van der Waals surface area contributed by atoms with Gasteiger partial charge in [0.2, 0.25) is 5.91 Å².